The summed E-state index contributed by atoms with van der Waals surface area (Å²) in [6.07, 6.45) is -0.465. The third-order valence-electron chi connectivity index (χ3n) is 6.39. The molecule has 0 saturated heterocycles. The highest BCUT2D eigenvalue weighted by Crippen LogP contribution is 2.36. The first-order valence-electron chi connectivity index (χ1n) is 12.1. The Morgan fingerprint density at radius 2 is 1.44 bits per heavy atom. The van der Waals surface area contributed by atoms with Crippen LogP contribution in [-0.2, 0) is 31.8 Å². The summed E-state index contributed by atoms with van der Waals surface area (Å²) in [7, 11) is -2.06. The lowest BCUT2D eigenvalue weighted by Gasteiger charge is -2.36. The number of amides is 2. The van der Waals surface area contributed by atoms with Crippen LogP contribution < -0.4 is 10.6 Å². The minimum atomic E-state index is -2.06. The monoisotopic (exact) mass is 514 g/mol. The average Bonchev–Trinajstić information content (AvgIpc) is 2.82. The van der Waals surface area contributed by atoms with Gasteiger partial charge in [0.25, 0.3) is 0 Å². The molecular weight excluding hydrogens is 476 g/mol. The van der Waals surface area contributed by atoms with Crippen LogP contribution in [0.3, 0.4) is 0 Å². The molecule has 36 heavy (non-hydrogen) atoms. The highest BCUT2D eigenvalue weighted by Gasteiger charge is 2.37. The second kappa shape index (κ2) is 13.2. The van der Waals surface area contributed by atoms with Crippen molar-refractivity contribution in [1.29, 1.82) is 0 Å². The van der Waals surface area contributed by atoms with Gasteiger partial charge in [0.2, 0.25) is 5.91 Å². The summed E-state index contributed by atoms with van der Waals surface area (Å²) in [5.41, 5.74) is 1.62. The molecule has 8 nitrogen and oxygen atoms in total. The average molecular weight is 515 g/mol. The van der Waals surface area contributed by atoms with Crippen molar-refractivity contribution in [2.75, 3.05) is 6.61 Å². The molecule has 0 aliphatic carbocycles. The van der Waals surface area contributed by atoms with Crippen molar-refractivity contribution in [2.24, 2.45) is 0 Å². The normalized spacial score (nSPS) is 13.4. The Morgan fingerprint density at radius 3 is 1.97 bits per heavy atom. The van der Waals surface area contributed by atoms with Crippen LogP contribution in [0, 0.1) is 0 Å². The van der Waals surface area contributed by atoms with Gasteiger partial charge in [-0.3, -0.25) is 4.79 Å². The van der Waals surface area contributed by atoms with E-state index < -0.39 is 38.4 Å². The number of benzene rings is 2. The van der Waals surface area contributed by atoms with Crippen molar-refractivity contribution in [3.8, 4) is 0 Å². The summed E-state index contributed by atoms with van der Waals surface area (Å²) in [5, 5.41) is 14.8. The van der Waals surface area contributed by atoms with Crippen molar-refractivity contribution in [3.63, 3.8) is 0 Å². The topological polar surface area (TPSA) is 114 Å². The quantitative estimate of drug-likeness (QED) is 0.359. The number of carbonyl (C=O) groups is 3. The molecule has 0 bridgehead atoms. The van der Waals surface area contributed by atoms with Crippen LogP contribution >= 0.6 is 0 Å². The SMILES string of the molecule is CC(C)(C)[Si](C)(C)OCC[C@H](NC(=O)[C@H](Cc1ccccc1)NC(=O)OCc1ccccc1)C(=O)O. The van der Waals surface area contributed by atoms with Crippen LogP contribution in [0.15, 0.2) is 60.7 Å². The highest BCUT2D eigenvalue weighted by atomic mass is 28.4. The predicted octanol–water partition coefficient (Wildman–Crippen LogP) is 4.51. The summed E-state index contributed by atoms with van der Waals surface area (Å²) in [6, 6.07) is 16.2. The molecule has 0 spiro atoms. The number of carboxylic acids is 1. The molecule has 0 saturated carbocycles. The molecule has 9 heteroatoms. The third kappa shape index (κ3) is 9.47. The van der Waals surface area contributed by atoms with Crippen LogP contribution in [0.1, 0.15) is 38.3 Å². The van der Waals surface area contributed by atoms with Gasteiger partial charge in [0.15, 0.2) is 8.32 Å². The molecule has 0 aromatic heterocycles. The second-order valence-corrected chi connectivity index (χ2v) is 15.1. The molecule has 0 unspecified atom stereocenters. The first-order valence-corrected chi connectivity index (χ1v) is 15.0. The van der Waals surface area contributed by atoms with E-state index in [1.54, 1.807) is 0 Å². The molecule has 2 aromatic rings. The summed E-state index contributed by atoms with van der Waals surface area (Å²) < 4.78 is 11.4. The number of nitrogens with one attached hydrogen (secondary N) is 2. The van der Waals surface area contributed by atoms with E-state index in [1.807, 2.05) is 60.7 Å². The van der Waals surface area contributed by atoms with E-state index in [2.05, 4.69) is 44.5 Å². The maximum Gasteiger partial charge on any atom is 0.408 e. The van der Waals surface area contributed by atoms with Crippen LogP contribution in [-0.4, -0.2) is 50.1 Å². The number of carboxylic acid groups (broad SMARTS) is 1. The Labute approximate surface area is 214 Å². The lowest BCUT2D eigenvalue weighted by atomic mass is 10.0. The van der Waals surface area contributed by atoms with E-state index in [4.69, 9.17) is 9.16 Å². The Kier molecular flexibility index (Phi) is 10.7. The van der Waals surface area contributed by atoms with Gasteiger partial charge in [-0.05, 0) is 29.3 Å². The Hall–Kier alpha value is -3.17. The fourth-order valence-corrected chi connectivity index (χ4v) is 4.21. The molecule has 0 heterocycles. The molecule has 2 aromatic carbocycles. The molecular formula is C27H38N2O6Si. The Morgan fingerprint density at radius 1 is 0.889 bits per heavy atom. The van der Waals surface area contributed by atoms with Crippen LogP contribution in [0.25, 0.3) is 0 Å². The van der Waals surface area contributed by atoms with Gasteiger partial charge in [0, 0.05) is 19.4 Å². The van der Waals surface area contributed by atoms with Crippen molar-refractivity contribution in [3.05, 3.63) is 71.8 Å². The largest absolute Gasteiger partial charge is 0.480 e. The van der Waals surface area contributed by atoms with E-state index >= 15 is 0 Å². The second-order valence-electron chi connectivity index (χ2n) is 10.2. The lowest BCUT2D eigenvalue weighted by molar-refractivity contribution is -0.142. The molecule has 0 aliphatic rings. The zero-order valence-corrected chi connectivity index (χ0v) is 22.7. The minimum absolute atomic E-state index is 0.0141. The van der Waals surface area contributed by atoms with Crippen molar-refractivity contribution >= 4 is 26.3 Å². The molecule has 0 radical (unpaired) electrons. The number of rotatable bonds is 12. The molecule has 0 fully saturated rings. The molecule has 0 aliphatic heterocycles. The van der Waals surface area contributed by atoms with Crippen molar-refractivity contribution < 1.29 is 28.7 Å². The molecule has 2 atom stereocenters. The van der Waals surface area contributed by atoms with Gasteiger partial charge >= 0.3 is 12.1 Å². The minimum Gasteiger partial charge on any atom is -0.480 e. The maximum atomic E-state index is 13.1. The third-order valence-corrected chi connectivity index (χ3v) is 10.9. The van der Waals surface area contributed by atoms with Crippen LogP contribution in [0.5, 0.6) is 0 Å². The van der Waals surface area contributed by atoms with Crippen LogP contribution in [0.4, 0.5) is 4.79 Å². The van der Waals surface area contributed by atoms with Gasteiger partial charge in [-0.2, -0.15) is 0 Å². The fraction of sp³-hybridized carbons (Fsp3) is 0.444. The predicted molar refractivity (Wildman–Crippen MR) is 141 cm³/mol. The smallest absolute Gasteiger partial charge is 0.408 e. The van der Waals surface area contributed by atoms with Crippen molar-refractivity contribution in [2.45, 2.75) is 70.4 Å². The lowest BCUT2D eigenvalue weighted by Crippen LogP contribution is -2.53. The molecule has 2 rings (SSSR count). The first kappa shape index (κ1) is 29.1. The van der Waals surface area contributed by atoms with Gasteiger partial charge in [-0.1, -0.05) is 81.4 Å². The van der Waals surface area contributed by atoms with E-state index in [0.29, 0.717) is 0 Å². The van der Waals surface area contributed by atoms with E-state index in [0.717, 1.165) is 11.1 Å². The van der Waals surface area contributed by atoms with Crippen LogP contribution in [0.2, 0.25) is 18.1 Å². The zero-order chi connectivity index (χ0) is 26.8. The number of ether oxygens (including phenoxy) is 1. The number of hydrogen-bond acceptors (Lipinski definition) is 5. The number of aliphatic carboxylic acids is 1. The summed E-state index contributed by atoms with van der Waals surface area (Å²) in [4.78, 5) is 37.5. The van der Waals surface area contributed by atoms with Gasteiger partial charge in [0.1, 0.15) is 18.7 Å². The summed E-state index contributed by atoms with van der Waals surface area (Å²) in [6.45, 7) is 10.7. The van der Waals surface area contributed by atoms with Gasteiger partial charge in [0.05, 0.1) is 0 Å². The van der Waals surface area contributed by atoms with E-state index in [-0.39, 0.29) is 31.1 Å². The van der Waals surface area contributed by atoms with E-state index in [9.17, 15) is 19.5 Å². The molecule has 196 valence electrons. The highest BCUT2D eigenvalue weighted by molar-refractivity contribution is 6.74. The molecule has 3 N–H and O–H groups in total. The van der Waals surface area contributed by atoms with Gasteiger partial charge in [-0.25, -0.2) is 9.59 Å². The number of hydrogen-bond donors (Lipinski definition) is 3. The molecule has 2 amide bonds. The first-order chi connectivity index (χ1) is 16.9. The zero-order valence-electron chi connectivity index (χ0n) is 21.7. The summed E-state index contributed by atoms with van der Waals surface area (Å²) in [5.74, 6) is -1.76. The fourth-order valence-electron chi connectivity index (χ4n) is 3.14. The maximum absolute atomic E-state index is 13.1. The van der Waals surface area contributed by atoms with Gasteiger partial charge < -0.3 is 24.9 Å². The Bertz CT molecular complexity index is 992. The Balaban J connectivity index is 2.04. The van der Waals surface area contributed by atoms with Crippen molar-refractivity contribution in [1.82, 2.24) is 10.6 Å². The standard InChI is InChI=1S/C27H38N2O6Si/c1-27(2,3)36(4,5)35-17-16-22(25(31)32)28-24(30)23(18-20-12-8-6-9-13-20)29-26(33)34-19-21-14-10-7-11-15-21/h6-15,22-23H,16-19H2,1-5H3,(H,28,30)(H,29,33)(H,31,32)/t22-,23-/m0/s1. The number of alkyl carbamates (subject to hydrolysis) is 1. The van der Waals surface area contributed by atoms with Gasteiger partial charge in [-0.15, -0.1) is 0 Å². The number of carbonyl (C=O) groups excluding carboxylic acids is 2. The van der Waals surface area contributed by atoms with E-state index in [1.165, 1.54) is 0 Å². The summed E-state index contributed by atoms with van der Waals surface area (Å²) >= 11 is 0.